The van der Waals surface area contributed by atoms with Crippen LogP contribution in [-0.4, -0.2) is 47.5 Å². The van der Waals surface area contributed by atoms with Gasteiger partial charge >= 0.3 is 0 Å². The molecule has 130 valence electrons. The summed E-state index contributed by atoms with van der Waals surface area (Å²) in [6, 6.07) is 9.53. The van der Waals surface area contributed by atoms with Crippen LogP contribution in [0, 0.1) is 0 Å². The highest BCUT2D eigenvalue weighted by molar-refractivity contribution is 6.04. The van der Waals surface area contributed by atoms with Crippen LogP contribution in [0.5, 0.6) is 0 Å². The van der Waals surface area contributed by atoms with Crippen LogP contribution in [0.15, 0.2) is 47.4 Å². The SMILES string of the molecule is CC1CN(C(=O)c2cccc(NC(=O)c3ccc(=O)[nH]c3)c2)CCO1. The number of hydrogen-bond acceptors (Lipinski definition) is 4. The summed E-state index contributed by atoms with van der Waals surface area (Å²) in [5.74, 6) is -0.448. The van der Waals surface area contributed by atoms with Gasteiger partial charge in [0.15, 0.2) is 0 Å². The summed E-state index contributed by atoms with van der Waals surface area (Å²) >= 11 is 0. The molecule has 1 aliphatic rings. The normalized spacial score (nSPS) is 17.2. The molecule has 2 aromatic rings. The number of benzene rings is 1. The van der Waals surface area contributed by atoms with E-state index in [1.54, 1.807) is 29.2 Å². The van der Waals surface area contributed by atoms with E-state index in [1.165, 1.54) is 18.3 Å². The van der Waals surface area contributed by atoms with Gasteiger partial charge in [0.05, 0.1) is 18.3 Å². The number of pyridine rings is 1. The maximum absolute atomic E-state index is 12.6. The average molecular weight is 341 g/mol. The van der Waals surface area contributed by atoms with Crippen LogP contribution in [0.1, 0.15) is 27.6 Å². The van der Waals surface area contributed by atoms with Crippen LogP contribution in [-0.2, 0) is 4.74 Å². The number of aromatic amines is 1. The molecule has 1 aromatic heterocycles. The molecule has 1 atom stereocenters. The van der Waals surface area contributed by atoms with Gasteiger partial charge in [-0.2, -0.15) is 0 Å². The molecule has 0 aliphatic carbocycles. The molecule has 0 bridgehead atoms. The molecule has 1 saturated heterocycles. The lowest BCUT2D eigenvalue weighted by atomic mass is 10.1. The number of nitrogens with zero attached hydrogens (tertiary/aromatic N) is 1. The van der Waals surface area contributed by atoms with Crippen LogP contribution >= 0.6 is 0 Å². The first-order chi connectivity index (χ1) is 12.0. The van der Waals surface area contributed by atoms with Gasteiger partial charge in [-0.1, -0.05) is 6.07 Å². The van der Waals surface area contributed by atoms with Crippen molar-refractivity contribution in [3.05, 3.63) is 64.1 Å². The van der Waals surface area contributed by atoms with Crippen molar-refractivity contribution in [2.24, 2.45) is 0 Å². The van der Waals surface area contributed by atoms with E-state index < -0.39 is 0 Å². The molecular formula is C18H19N3O4. The predicted molar refractivity (Wildman–Crippen MR) is 92.8 cm³/mol. The van der Waals surface area contributed by atoms with Crippen molar-refractivity contribution >= 4 is 17.5 Å². The largest absolute Gasteiger partial charge is 0.375 e. The lowest BCUT2D eigenvalue weighted by Gasteiger charge is -2.31. The Morgan fingerprint density at radius 2 is 2.08 bits per heavy atom. The number of aromatic nitrogens is 1. The minimum atomic E-state index is -0.360. The number of nitrogens with one attached hydrogen (secondary N) is 2. The maximum Gasteiger partial charge on any atom is 0.257 e. The summed E-state index contributed by atoms with van der Waals surface area (Å²) in [6.07, 6.45) is 1.36. The molecule has 2 N–H and O–H groups in total. The van der Waals surface area contributed by atoms with Gasteiger partial charge in [0.1, 0.15) is 0 Å². The summed E-state index contributed by atoms with van der Waals surface area (Å²) in [4.78, 5) is 40.1. The molecule has 1 aliphatic heterocycles. The Morgan fingerprint density at radius 1 is 1.24 bits per heavy atom. The first-order valence-corrected chi connectivity index (χ1v) is 8.04. The zero-order valence-corrected chi connectivity index (χ0v) is 13.8. The highest BCUT2D eigenvalue weighted by Crippen LogP contribution is 2.15. The van der Waals surface area contributed by atoms with Crippen molar-refractivity contribution in [1.29, 1.82) is 0 Å². The van der Waals surface area contributed by atoms with Gasteiger partial charge in [0.25, 0.3) is 11.8 Å². The zero-order valence-electron chi connectivity index (χ0n) is 13.8. The first kappa shape index (κ1) is 16.9. The van der Waals surface area contributed by atoms with Gasteiger partial charge in [0, 0.05) is 36.6 Å². The third-order valence-corrected chi connectivity index (χ3v) is 3.94. The number of amides is 2. The van der Waals surface area contributed by atoms with Crippen molar-refractivity contribution in [3.63, 3.8) is 0 Å². The third kappa shape index (κ3) is 4.13. The number of rotatable bonds is 3. The molecule has 0 radical (unpaired) electrons. The van der Waals surface area contributed by atoms with Gasteiger partial charge in [0.2, 0.25) is 5.56 Å². The average Bonchev–Trinajstić information content (AvgIpc) is 2.62. The van der Waals surface area contributed by atoms with Crippen molar-refractivity contribution in [3.8, 4) is 0 Å². The molecule has 0 spiro atoms. The van der Waals surface area contributed by atoms with Crippen molar-refractivity contribution in [1.82, 2.24) is 9.88 Å². The Kier molecular flexibility index (Phi) is 4.95. The summed E-state index contributed by atoms with van der Waals surface area (Å²) in [6.45, 7) is 3.56. The molecule has 7 nitrogen and oxygen atoms in total. The van der Waals surface area contributed by atoms with Crippen molar-refractivity contribution in [2.45, 2.75) is 13.0 Å². The number of H-pyrrole nitrogens is 1. The smallest absolute Gasteiger partial charge is 0.257 e. The molecule has 25 heavy (non-hydrogen) atoms. The van der Waals surface area contributed by atoms with Crippen LogP contribution in [0.4, 0.5) is 5.69 Å². The van der Waals surface area contributed by atoms with Gasteiger partial charge < -0.3 is 19.9 Å². The fraction of sp³-hybridized carbons (Fsp3) is 0.278. The van der Waals surface area contributed by atoms with Crippen LogP contribution in [0.25, 0.3) is 0 Å². The van der Waals surface area contributed by atoms with Gasteiger partial charge in [-0.05, 0) is 31.2 Å². The molecular weight excluding hydrogens is 322 g/mol. The molecule has 2 amide bonds. The van der Waals surface area contributed by atoms with Gasteiger partial charge in [-0.3, -0.25) is 14.4 Å². The summed E-state index contributed by atoms with van der Waals surface area (Å²) in [5.41, 5.74) is 1.08. The Hall–Kier alpha value is -2.93. The Labute approximate surface area is 144 Å². The summed E-state index contributed by atoms with van der Waals surface area (Å²) < 4.78 is 5.45. The third-order valence-electron chi connectivity index (χ3n) is 3.94. The lowest BCUT2D eigenvalue weighted by molar-refractivity contribution is -0.0124. The zero-order chi connectivity index (χ0) is 17.8. The number of ether oxygens (including phenoxy) is 1. The lowest BCUT2D eigenvalue weighted by Crippen LogP contribution is -2.44. The molecule has 1 unspecified atom stereocenters. The standard InChI is InChI=1S/C18H19N3O4/c1-12-11-21(7-8-25-12)18(24)13-3-2-4-15(9-13)20-17(23)14-5-6-16(22)19-10-14/h2-6,9-10,12H,7-8,11H2,1H3,(H,19,22)(H,20,23). The number of morpholine rings is 1. The van der Waals surface area contributed by atoms with Crippen molar-refractivity contribution < 1.29 is 14.3 Å². The van der Waals surface area contributed by atoms with E-state index in [0.717, 1.165) is 0 Å². The second kappa shape index (κ2) is 7.31. The fourth-order valence-electron chi connectivity index (χ4n) is 2.67. The highest BCUT2D eigenvalue weighted by Gasteiger charge is 2.22. The van der Waals surface area contributed by atoms with Crippen LogP contribution in [0.2, 0.25) is 0 Å². The monoisotopic (exact) mass is 341 g/mol. The first-order valence-electron chi connectivity index (χ1n) is 8.04. The van der Waals surface area contributed by atoms with E-state index in [2.05, 4.69) is 10.3 Å². The fourth-order valence-corrected chi connectivity index (χ4v) is 2.67. The van der Waals surface area contributed by atoms with E-state index in [9.17, 15) is 14.4 Å². The number of carbonyl (C=O) groups is 2. The Balaban J connectivity index is 1.72. The second-order valence-corrected chi connectivity index (χ2v) is 5.91. The minimum absolute atomic E-state index is 0.0146. The summed E-state index contributed by atoms with van der Waals surface area (Å²) in [5, 5.41) is 2.73. The van der Waals surface area contributed by atoms with E-state index in [0.29, 0.717) is 36.5 Å². The molecule has 0 saturated carbocycles. The van der Waals surface area contributed by atoms with E-state index in [-0.39, 0.29) is 23.5 Å². The van der Waals surface area contributed by atoms with Gasteiger partial charge in [-0.25, -0.2) is 0 Å². The Morgan fingerprint density at radius 3 is 2.80 bits per heavy atom. The van der Waals surface area contributed by atoms with E-state index in [1.807, 2.05) is 6.92 Å². The summed E-state index contributed by atoms with van der Waals surface area (Å²) in [7, 11) is 0. The highest BCUT2D eigenvalue weighted by atomic mass is 16.5. The second-order valence-electron chi connectivity index (χ2n) is 5.91. The minimum Gasteiger partial charge on any atom is -0.375 e. The van der Waals surface area contributed by atoms with E-state index >= 15 is 0 Å². The Bertz CT molecular complexity index is 826. The molecule has 1 fully saturated rings. The molecule has 7 heteroatoms. The predicted octanol–water partition coefficient (Wildman–Crippen LogP) is 1.49. The van der Waals surface area contributed by atoms with Crippen molar-refractivity contribution in [2.75, 3.05) is 25.0 Å². The molecule has 2 heterocycles. The number of anilines is 1. The van der Waals surface area contributed by atoms with Crippen LogP contribution in [0.3, 0.4) is 0 Å². The molecule has 1 aromatic carbocycles. The topological polar surface area (TPSA) is 91.5 Å². The number of hydrogen-bond donors (Lipinski definition) is 2. The van der Waals surface area contributed by atoms with Crippen LogP contribution < -0.4 is 10.9 Å². The number of carbonyl (C=O) groups excluding carboxylic acids is 2. The quantitative estimate of drug-likeness (QED) is 0.885. The van der Waals surface area contributed by atoms with E-state index in [4.69, 9.17) is 4.74 Å². The van der Waals surface area contributed by atoms with Gasteiger partial charge in [-0.15, -0.1) is 0 Å². The maximum atomic E-state index is 12.6. The molecule has 3 rings (SSSR count).